The number of benzene rings is 1. The van der Waals surface area contributed by atoms with Crippen molar-refractivity contribution in [2.45, 2.75) is 38.0 Å². The van der Waals surface area contributed by atoms with Crippen LogP contribution in [0, 0.1) is 11.3 Å². The van der Waals surface area contributed by atoms with Crippen LogP contribution in [0.1, 0.15) is 25.3 Å². The molecular weight excluding hydrogens is 404 g/mol. The topological polar surface area (TPSA) is 76.0 Å². The number of likely N-dealkylation sites (tertiary alicyclic amines) is 1. The number of hydrogen-bond donors (Lipinski definition) is 2. The van der Waals surface area contributed by atoms with Crippen molar-refractivity contribution in [3.8, 4) is 6.07 Å². The van der Waals surface area contributed by atoms with Gasteiger partial charge in [-0.1, -0.05) is 0 Å². The molecule has 5 rings (SSSR count). The highest BCUT2D eigenvalue weighted by Crippen LogP contribution is 2.38. The van der Waals surface area contributed by atoms with Crippen LogP contribution in [0.2, 0.25) is 0 Å². The lowest BCUT2D eigenvalue weighted by atomic mass is 10.0. The Morgan fingerprint density at radius 2 is 1.78 bits per heavy atom. The maximum Gasteiger partial charge on any atom is 0.101 e. The van der Waals surface area contributed by atoms with Crippen molar-refractivity contribution in [1.82, 2.24) is 9.80 Å². The first-order valence-electron chi connectivity index (χ1n) is 12.2. The molecule has 0 aliphatic carbocycles. The number of rotatable bonds is 4. The van der Waals surface area contributed by atoms with E-state index in [0.717, 1.165) is 83.5 Å². The van der Waals surface area contributed by atoms with Crippen molar-refractivity contribution >= 4 is 17.1 Å². The van der Waals surface area contributed by atoms with Gasteiger partial charge in [0.1, 0.15) is 6.07 Å². The third-order valence-electron chi connectivity index (χ3n) is 7.28. The van der Waals surface area contributed by atoms with Gasteiger partial charge < -0.3 is 29.9 Å². The first kappa shape index (κ1) is 21.8. The van der Waals surface area contributed by atoms with E-state index in [0.29, 0.717) is 11.6 Å². The Kier molecular flexibility index (Phi) is 6.69. The second-order valence-electron chi connectivity index (χ2n) is 9.50. The van der Waals surface area contributed by atoms with Gasteiger partial charge in [-0.25, -0.2) is 0 Å². The number of piperidine rings is 1. The van der Waals surface area contributed by atoms with Gasteiger partial charge in [-0.2, -0.15) is 5.26 Å². The molecule has 0 spiro atoms. The zero-order valence-electron chi connectivity index (χ0n) is 19.2. The highest BCUT2D eigenvalue weighted by molar-refractivity contribution is 5.88. The van der Waals surface area contributed by atoms with E-state index in [1.165, 1.54) is 18.5 Å². The van der Waals surface area contributed by atoms with Crippen molar-refractivity contribution in [2.24, 2.45) is 0 Å². The fourth-order valence-corrected chi connectivity index (χ4v) is 5.73. The number of nitrogens with zero attached hydrogens (tertiary/aromatic N) is 4. The minimum Gasteiger partial charge on any atom is -0.380 e. The smallest absolute Gasteiger partial charge is 0.101 e. The van der Waals surface area contributed by atoms with Gasteiger partial charge in [-0.05, 0) is 45.0 Å². The number of hydrogen-bond acceptors (Lipinski definition) is 8. The van der Waals surface area contributed by atoms with Crippen LogP contribution in [0.3, 0.4) is 0 Å². The second kappa shape index (κ2) is 9.84. The van der Waals surface area contributed by atoms with Gasteiger partial charge in [0.2, 0.25) is 0 Å². The predicted molar refractivity (Wildman–Crippen MR) is 127 cm³/mol. The SMILES string of the molecule is C[C@@H]1CN(c2ccc(C#N)c3c2NCCN3)C[C@H](CN2CCC(N3CCOCC3)CC2)O1. The van der Waals surface area contributed by atoms with E-state index in [4.69, 9.17) is 9.47 Å². The highest BCUT2D eigenvalue weighted by atomic mass is 16.5. The maximum atomic E-state index is 9.50. The molecule has 2 atom stereocenters. The molecule has 1 aromatic carbocycles. The molecule has 4 heterocycles. The molecule has 0 aromatic heterocycles. The van der Waals surface area contributed by atoms with Crippen LogP contribution in [0.5, 0.6) is 0 Å². The molecule has 4 aliphatic rings. The average molecular weight is 441 g/mol. The molecule has 0 bridgehead atoms. The molecule has 2 N–H and O–H groups in total. The Labute approximate surface area is 191 Å². The summed E-state index contributed by atoms with van der Waals surface area (Å²) < 4.78 is 11.9. The van der Waals surface area contributed by atoms with E-state index >= 15 is 0 Å². The Balaban J connectivity index is 1.22. The predicted octanol–water partition coefficient (Wildman–Crippen LogP) is 1.79. The van der Waals surface area contributed by atoms with Crippen molar-refractivity contribution in [2.75, 3.05) is 87.7 Å². The highest BCUT2D eigenvalue weighted by Gasteiger charge is 2.32. The quantitative estimate of drug-likeness (QED) is 0.734. The summed E-state index contributed by atoms with van der Waals surface area (Å²) in [6.45, 7) is 12.9. The summed E-state index contributed by atoms with van der Waals surface area (Å²) in [6, 6.07) is 7.07. The van der Waals surface area contributed by atoms with Crippen LogP contribution in [-0.2, 0) is 9.47 Å². The summed E-state index contributed by atoms with van der Waals surface area (Å²) in [5.41, 5.74) is 3.89. The largest absolute Gasteiger partial charge is 0.380 e. The summed E-state index contributed by atoms with van der Waals surface area (Å²) in [4.78, 5) is 7.65. The third kappa shape index (κ3) is 4.67. The van der Waals surface area contributed by atoms with E-state index in [1.54, 1.807) is 0 Å². The van der Waals surface area contributed by atoms with Crippen LogP contribution in [0.4, 0.5) is 17.1 Å². The molecule has 32 heavy (non-hydrogen) atoms. The van der Waals surface area contributed by atoms with E-state index in [2.05, 4.69) is 44.4 Å². The lowest BCUT2D eigenvalue weighted by molar-refractivity contribution is -0.0418. The molecule has 3 fully saturated rings. The lowest BCUT2D eigenvalue weighted by Crippen LogP contribution is -2.54. The summed E-state index contributed by atoms with van der Waals surface area (Å²) in [5, 5.41) is 16.4. The fraction of sp³-hybridized carbons (Fsp3) is 0.708. The molecule has 0 saturated carbocycles. The zero-order valence-corrected chi connectivity index (χ0v) is 19.2. The maximum absolute atomic E-state index is 9.50. The van der Waals surface area contributed by atoms with Gasteiger partial charge >= 0.3 is 0 Å². The number of nitriles is 1. The van der Waals surface area contributed by atoms with Crippen molar-refractivity contribution in [3.05, 3.63) is 17.7 Å². The molecule has 8 nitrogen and oxygen atoms in total. The van der Waals surface area contributed by atoms with Crippen LogP contribution >= 0.6 is 0 Å². The number of nitrogens with one attached hydrogen (secondary N) is 2. The van der Waals surface area contributed by atoms with Crippen molar-refractivity contribution < 1.29 is 9.47 Å². The Morgan fingerprint density at radius 1 is 1.03 bits per heavy atom. The number of fused-ring (bicyclic) bond motifs is 1. The van der Waals surface area contributed by atoms with E-state index < -0.39 is 0 Å². The summed E-state index contributed by atoms with van der Waals surface area (Å²) >= 11 is 0. The number of morpholine rings is 2. The van der Waals surface area contributed by atoms with Gasteiger partial charge in [0, 0.05) is 51.9 Å². The third-order valence-corrected chi connectivity index (χ3v) is 7.28. The van der Waals surface area contributed by atoms with E-state index in [9.17, 15) is 5.26 Å². The van der Waals surface area contributed by atoms with Gasteiger partial charge in [-0.15, -0.1) is 0 Å². The molecule has 0 unspecified atom stereocenters. The van der Waals surface area contributed by atoms with Gasteiger partial charge in [0.05, 0.1) is 48.0 Å². The number of ether oxygens (including phenoxy) is 2. The van der Waals surface area contributed by atoms with Crippen LogP contribution in [-0.4, -0.2) is 100 Å². The molecule has 8 heteroatoms. The van der Waals surface area contributed by atoms with E-state index in [1.807, 2.05) is 6.07 Å². The summed E-state index contributed by atoms with van der Waals surface area (Å²) in [7, 11) is 0. The minimum absolute atomic E-state index is 0.183. The van der Waals surface area contributed by atoms with E-state index in [-0.39, 0.29) is 12.2 Å². The molecule has 4 aliphatic heterocycles. The van der Waals surface area contributed by atoms with Gasteiger partial charge in [0.25, 0.3) is 0 Å². The van der Waals surface area contributed by atoms with Crippen molar-refractivity contribution in [1.29, 1.82) is 5.26 Å². The lowest BCUT2D eigenvalue weighted by Gasteiger charge is -2.43. The van der Waals surface area contributed by atoms with Crippen molar-refractivity contribution in [3.63, 3.8) is 0 Å². The Morgan fingerprint density at radius 3 is 2.53 bits per heavy atom. The number of anilines is 3. The van der Waals surface area contributed by atoms with Gasteiger partial charge in [-0.3, -0.25) is 4.90 Å². The first-order valence-corrected chi connectivity index (χ1v) is 12.2. The van der Waals surface area contributed by atoms with Gasteiger partial charge in [0.15, 0.2) is 0 Å². The average Bonchev–Trinajstić information content (AvgIpc) is 2.84. The molecule has 0 radical (unpaired) electrons. The minimum atomic E-state index is 0.183. The molecule has 174 valence electrons. The second-order valence-corrected chi connectivity index (χ2v) is 9.50. The Bertz CT molecular complexity index is 829. The molecular formula is C24H36N6O2. The monoisotopic (exact) mass is 440 g/mol. The summed E-state index contributed by atoms with van der Waals surface area (Å²) in [6.07, 6.45) is 2.86. The first-order chi connectivity index (χ1) is 15.7. The Hall–Kier alpha value is -2.05. The van der Waals surface area contributed by atoms with Crippen LogP contribution < -0.4 is 15.5 Å². The molecule has 0 amide bonds. The summed E-state index contributed by atoms with van der Waals surface area (Å²) in [5.74, 6) is 0. The molecule has 1 aromatic rings. The molecule has 3 saturated heterocycles. The van der Waals surface area contributed by atoms with Crippen LogP contribution in [0.25, 0.3) is 0 Å². The zero-order chi connectivity index (χ0) is 21.9. The fourth-order valence-electron chi connectivity index (χ4n) is 5.73. The standard InChI is InChI=1S/C24H36N6O2/c1-18-15-30(22-3-2-19(14-25)23-24(22)27-7-6-26-23)17-21(32-18)16-28-8-4-20(5-9-28)29-10-12-31-13-11-29/h2-3,18,20-21,26-27H,4-13,15-17H2,1H3/t18-,21+/m1/s1. The van der Waals surface area contributed by atoms with Crippen LogP contribution in [0.15, 0.2) is 12.1 Å². The normalized spacial score (nSPS) is 27.8.